The fraction of sp³-hybridized carbons (Fsp3) is 0.312. The lowest BCUT2D eigenvalue weighted by Crippen LogP contribution is -2.53. The maximum atomic E-state index is 11.7. The number of carboxylic acid groups (broad SMARTS) is 1. The first-order valence-corrected chi connectivity index (χ1v) is 7.07. The predicted octanol–water partition coefficient (Wildman–Crippen LogP) is 0.624. The molecule has 0 aromatic rings. The van der Waals surface area contributed by atoms with Crippen LogP contribution in [0.4, 0.5) is 0 Å². The Morgan fingerprint density at radius 2 is 1.27 bits per heavy atom. The zero-order valence-corrected chi connectivity index (χ0v) is 14.0. The first kappa shape index (κ1) is 22.6. The highest BCUT2D eigenvalue weighted by atomic mass is 16.9. The fourth-order valence-electron chi connectivity index (χ4n) is 1.39. The summed E-state index contributed by atoms with van der Waals surface area (Å²) in [5.41, 5.74) is 0. The van der Waals surface area contributed by atoms with Crippen molar-refractivity contribution in [1.82, 2.24) is 0 Å². The highest BCUT2D eigenvalue weighted by Crippen LogP contribution is 2.25. The van der Waals surface area contributed by atoms with Gasteiger partial charge < -0.3 is 24.1 Å². The van der Waals surface area contributed by atoms with Crippen LogP contribution in [0.15, 0.2) is 38.0 Å². The smallest absolute Gasteiger partial charge is 0.463 e. The van der Waals surface area contributed by atoms with E-state index in [-0.39, 0.29) is 0 Å². The fourth-order valence-corrected chi connectivity index (χ4v) is 1.39. The Bertz CT molecular complexity index is 563. The van der Waals surface area contributed by atoms with E-state index in [1.165, 1.54) is 0 Å². The SMILES string of the molecule is C=CC(=O)OC(OC(=O)C=C)(OC(=O)C=C)C(C)OC(=O)CCC(=O)O. The van der Waals surface area contributed by atoms with Gasteiger partial charge in [-0.1, -0.05) is 19.7 Å². The largest absolute Gasteiger partial charge is 0.481 e. The van der Waals surface area contributed by atoms with Crippen LogP contribution in [-0.4, -0.2) is 47.0 Å². The maximum absolute atomic E-state index is 11.7. The van der Waals surface area contributed by atoms with Crippen molar-refractivity contribution in [3.8, 4) is 0 Å². The van der Waals surface area contributed by atoms with Gasteiger partial charge in [0.2, 0.25) is 6.10 Å². The summed E-state index contributed by atoms with van der Waals surface area (Å²) < 4.78 is 19.2. The van der Waals surface area contributed by atoms with E-state index in [4.69, 9.17) is 24.1 Å². The number of hydrogen-bond acceptors (Lipinski definition) is 9. The van der Waals surface area contributed by atoms with Gasteiger partial charge in [0.1, 0.15) is 0 Å². The van der Waals surface area contributed by atoms with Crippen molar-refractivity contribution in [3.05, 3.63) is 38.0 Å². The van der Waals surface area contributed by atoms with Crippen molar-refractivity contribution in [2.45, 2.75) is 31.8 Å². The Hall–Kier alpha value is -3.43. The molecular formula is C16H18O10. The molecule has 0 bridgehead atoms. The van der Waals surface area contributed by atoms with Crippen molar-refractivity contribution in [3.63, 3.8) is 0 Å². The quantitative estimate of drug-likeness (QED) is 0.312. The third-order valence-electron chi connectivity index (χ3n) is 2.58. The molecule has 10 heteroatoms. The molecule has 0 amide bonds. The van der Waals surface area contributed by atoms with Gasteiger partial charge in [0.15, 0.2) is 0 Å². The van der Waals surface area contributed by atoms with E-state index in [2.05, 4.69) is 19.7 Å². The van der Waals surface area contributed by atoms with Crippen molar-refractivity contribution < 1.29 is 48.0 Å². The molecule has 0 aliphatic rings. The maximum Gasteiger partial charge on any atom is 0.463 e. The summed E-state index contributed by atoms with van der Waals surface area (Å²) in [5.74, 6) is -8.62. The minimum atomic E-state index is -2.80. The molecule has 1 N–H and O–H groups in total. The van der Waals surface area contributed by atoms with Crippen LogP contribution in [0.2, 0.25) is 0 Å². The zero-order chi connectivity index (χ0) is 20.3. The molecule has 0 heterocycles. The van der Waals surface area contributed by atoms with Gasteiger partial charge in [-0.2, -0.15) is 0 Å². The molecule has 26 heavy (non-hydrogen) atoms. The average molecular weight is 370 g/mol. The number of rotatable bonds is 11. The molecule has 0 aliphatic carbocycles. The molecule has 0 aromatic heterocycles. The number of carbonyl (C=O) groups is 5. The standard InChI is InChI=1S/C16H18O10/c1-5-12(19)24-16(25-13(20)6-2,26-14(21)7-3)10(4)23-15(22)9-8-11(17)18/h5-7,10H,1-3,8-9H2,4H3,(H,17,18). The van der Waals surface area contributed by atoms with Gasteiger partial charge in [-0.05, 0) is 6.92 Å². The van der Waals surface area contributed by atoms with Crippen molar-refractivity contribution >= 4 is 29.8 Å². The lowest BCUT2D eigenvalue weighted by Gasteiger charge is -2.33. The van der Waals surface area contributed by atoms with Gasteiger partial charge >= 0.3 is 35.8 Å². The lowest BCUT2D eigenvalue weighted by atomic mass is 10.3. The summed E-state index contributed by atoms with van der Waals surface area (Å²) >= 11 is 0. The number of ether oxygens (including phenoxy) is 4. The molecule has 0 aliphatic heterocycles. The molecule has 0 rings (SSSR count). The Morgan fingerprint density at radius 1 is 0.885 bits per heavy atom. The Labute approximate surface area is 148 Å². The molecule has 1 atom stereocenters. The molecule has 1 unspecified atom stereocenters. The number of aliphatic carboxylic acids is 1. The summed E-state index contributed by atoms with van der Waals surface area (Å²) in [4.78, 5) is 56.9. The lowest BCUT2D eigenvalue weighted by molar-refractivity contribution is -0.356. The molecule has 10 nitrogen and oxygen atoms in total. The number of hydrogen-bond donors (Lipinski definition) is 1. The minimum Gasteiger partial charge on any atom is -0.481 e. The monoisotopic (exact) mass is 370 g/mol. The molecule has 142 valence electrons. The summed E-state index contributed by atoms with van der Waals surface area (Å²) in [7, 11) is 0. The van der Waals surface area contributed by atoms with E-state index < -0.39 is 54.8 Å². The molecule has 0 saturated carbocycles. The molecule has 0 saturated heterocycles. The van der Waals surface area contributed by atoms with E-state index in [9.17, 15) is 24.0 Å². The van der Waals surface area contributed by atoms with Gasteiger partial charge in [0, 0.05) is 18.2 Å². The summed E-state index contributed by atoms with van der Waals surface area (Å²) in [6.07, 6.45) is -0.702. The highest BCUT2D eigenvalue weighted by molar-refractivity contribution is 5.85. The van der Waals surface area contributed by atoms with Gasteiger partial charge in [0.05, 0.1) is 12.8 Å². The van der Waals surface area contributed by atoms with Crippen molar-refractivity contribution in [2.24, 2.45) is 0 Å². The predicted molar refractivity (Wildman–Crippen MR) is 84.0 cm³/mol. The first-order valence-electron chi connectivity index (χ1n) is 7.07. The Kier molecular flexibility index (Phi) is 9.06. The van der Waals surface area contributed by atoms with Crippen molar-refractivity contribution in [2.75, 3.05) is 0 Å². The van der Waals surface area contributed by atoms with Gasteiger partial charge in [-0.15, -0.1) is 0 Å². The van der Waals surface area contributed by atoms with Crippen LogP contribution in [-0.2, 0) is 42.9 Å². The van der Waals surface area contributed by atoms with E-state index in [0.717, 1.165) is 6.92 Å². The van der Waals surface area contributed by atoms with E-state index in [1.54, 1.807) is 0 Å². The van der Waals surface area contributed by atoms with Gasteiger partial charge in [-0.25, -0.2) is 14.4 Å². The summed E-state index contributed by atoms with van der Waals surface area (Å²) in [6, 6.07) is 0. The third-order valence-corrected chi connectivity index (χ3v) is 2.58. The normalized spacial score (nSPS) is 11.3. The Morgan fingerprint density at radius 3 is 1.58 bits per heavy atom. The second-order valence-electron chi connectivity index (χ2n) is 4.51. The highest BCUT2D eigenvalue weighted by Gasteiger charge is 2.51. The average Bonchev–Trinajstić information content (AvgIpc) is 2.59. The van der Waals surface area contributed by atoms with E-state index >= 15 is 0 Å². The molecule has 0 spiro atoms. The summed E-state index contributed by atoms with van der Waals surface area (Å²) in [6.45, 7) is 10.5. The molecule has 0 radical (unpaired) electrons. The summed E-state index contributed by atoms with van der Waals surface area (Å²) in [5, 5.41) is 8.56. The third kappa shape index (κ3) is 7.43. The topological polar surface area (TPSA) is 142 Å². The van der Waals surface area contributed by atoms with E-state index in [1.807, 2.05) is 0 Å². The second kappa shape index (κ2) is 10.4. The van der Waals surface area contributed by atoms with Gasteiger partial charge in [0.25, 0.3) is 0 Å². The zero-order valence-electron chi connectivity index (χ0n) is 14.0. The number of carboxylic acids is 1. The molecule has 0 fully saturated rings. The number of carbonyl (C=O) groups excluding carboxylic acids is 4. The first-order chi connectivity index (χ1) is 12.1. The van der Waals surface area contributed by atoms with Crippen LogP contribution in [0.25, 0.3) is 0 Å². The van der Waals surface area contributed by atoms with Crippen LogP contribution >= 0.6 is 0 Å². The van der Waals surface area contributed by atoms with E-state index in [0.29, 0.717) is 18.2 Å². The van der Waals surface area contributed by atoms with Crippen LogP contribution in [0.3, 0.4) is 0 Å². The second-order valence-corrected chi connectivity index (χ2v) is 4.51. The van der Waals surface area contributed by atoms with Crippen molar-refractivity contribution in [1.29, 1.82) is 0 Å². The van der Waals surface area contributed by atoms with Crippen LogP contribution in [0, 0.1) is 0 Å². The van der Waals surface area contributed by atoms with Gasteiger partial charge in [-0.3, -0.25) is 9.59 Å². The Balaban J connectivity index is 5.70. The molecular weight excluding hydrogens is 352 g/mol. The minimum absolute atomic E-state index is 0.532. The number of esters is 4. The van der Waals surface area contributed by atoms with Crippen LogP contribution in [0.5, 0.6) is 0 Å². The van der Waals surface area contributed by atoms with Crippen LogP contribution < -0.4 is 0 Å². The molecule has 0 aromatic carbocycles. The van der Waals surface area contributed by atoms with Crippen LogP contribution in [0.1, 0.15) is 19.8 Å².